The maximum atomic E-state index is 12.4. The lowest BCUT2D eigenvalue weighted by atomic mass is 10.1. The van der Waals surface area contributed by atoms with Gasteiger partial charge < -0.3 is 10.6 Å². The third-order valence-electron chi connectivity index (χ3n) is 4.01. The van der Waals surface area contributed by atoms with E-state index in [4.69, 9.17) is 5.26 Å². The van der Waals surface area contributed by atoms with Crippen molar-refractivity contribution >= 4 is 23.2 Å². The van der Waals surface area contributed by atoms with Gasteiger partial charge in [0.1, 0.15) is 0 Å². The molecule has 0 aliphatic rings. The number of nitrogens with one attached hydrogen (secondary N) is 2. The van der Waals surface area contributed by atoms with Crippen LogP contribution >= 0.6 is 0 Å². The van der Waals surface area contributed by atoms with Crippen molar-refractivity contribution in [2.75, 3.05) is 10.6 Å². The van der Waals surface area contributed by atoms with Gasteiger partial charge in [0.2, 0.25) is 5.95 Å². The first-order valence-corrected chi connectivity index (χ1v) is 8.03. The summed E-state index contributed by atoms with van der Waals surface area (Å²) in [5.41, 5.74) is 4.51. The molecule has 0 unspecified atom stereocenters. The van der Waals surface area contributed by atoms with Crippen molar-refractivity contribution in [2.24, 2.45) is 0 Å². The van der Waals surface area contributed by atoms with Crippen LogP contribution in [-0.2, 0) is 0 Å². The van der Waals surface area contributed by atoms with Crippen molar-refractivity contribution < 1.29 is 4.79 Å². The van der Waals surface area contributed by atoms with Gasteiger partial charge in [-0.2, -0.15) is 5.26 Å². The molecule has 3 rings (SSSR count). The smallest absolute Gasteiger partial charge is 0.258 e. The molecule has 0 fully saturated rings. The standard InChI is InChI=1S/C20H17N5O/c1-13-5-3-8-18(14(13)2)25-19(26)16-11-22-20(23-12-16)24-17-7-4-6-15(9-17)10-21/h3-9,11-12H,1-2H3,(H,25,26)(H,22,23,24). The maximum absolute atomic E-state index is 12.4. The number of carbonyl (C=O) groups is 1. The average Bonchev–Trinajstić information content (AvgIpc) is 2.66. The van der Waals surface area contributed by atoms with E-state index in [2.05, 4.69) is 26.7 Å². The molecule has 26 heavy (non-hydrogen) atoms. The van der Waals surface area contributed by atoms with Gasteiger partial charge in [-0.1, -0.05) is 18.2 Å². The molecule has 0 aliphatic heterocycles. The van der Waals surface area contributed by atoms with Crippen LogP contribution in [0, 0.1) is 25.2 Å². The Morgan fingerprint density at radius 1 is 1.08 bits per heavy atom. The Morgan fingerprint density at radius 2 is 1.81 bits per heavy atom. The Hall–Kier alpha value is -3.72. The average molecular weight is 343 g/mol. The fraction of sp³-hybridized carbons (Fsp3) is 0.100. The largest absolute Gasteiger partial charge is 0.324 e. The van der Waals surface area contributed by atoms with E-state index in [9.17, 15) is 4.79 Å². The van der Waals surface area contributed by atoms with E-state index < -0.39 is 0 Å². The zero-order chi connectivity index (χ0) is 18.5. The zero-order valence-electron chi connectivity index (χ0n) is 14.4. The lowest BCUT2D eigenvalue weighted by Crippen LogP contribution is -2.14. The molecule has 0 saturated carbocycles. The van der Waals surface area contributed by atoms with Crippen LogP contribution in [0.25, 0.3) is 0 Å². The maximum Gasteiger partial charge on any atom is 0.258 e. The van der Waals surface area contributed by atoms with E-state index >= 15 is 0 Å². The number of benzene rings is 2. The van der Waals surface area contributed by atoms with Crippen LogP contribution < -0.4 is 10.6 Å². The first kappa shape index (κ1) is 17.1. The molecule has 2 aromatic carbocycles. The highest BCUT2D eigenvalue weighted by Crippen LogP contribution is 2.19. The lowest BCUT2D eigenvalue weighted by molar-refractivity contribution is 0.102. The number of aromatic nitrogens is 2. The molecule has 0 spiro atoms. The number of hydrogen-bond acceptors (Lipinski definition) is 5. The van der Waals surface area contributed by atoms with Crippen molar-refractivity contribution in [3.05, 3.63) is 77.1 Å². The Labute approximate surface area is 151 Å². The van der Waals surface area contributed by atoms with Crippen LogP contribution in [0.15, 0.2) is 54.9 Å². The Morgan fingerprint density at radius 3 is 2.54 bits per heavy atom. The summed E-state index contributed by atoms with van der Waals surface area (Å²) in [5.74, 6) is 0.0834. The second-order valence-electron chi connectivity index (χ2n) is 5.81. The molecular formula is C20H17N5O. The Bertz CT molecular complexity index is 990. The molecule has 6 heteroatoms. The second kappa shape index (κ2) is 7.45. The molecule has 0 bridgehead atoms. The van der Waals surface area contributed by atoms with Crippen molar-refractivity contribution in [3.8, 4) is 6.07 Å². The Balaban J connectivity index is 1.71. The number of amides is 1. The molecular weight excluding hydrogens is 326 g/mol. The highest BCUT2D eigenvalue weighted by atomic mass is 16.1. The highest BCUT2D eigenvalue weighted by molar-refractivity contribution is 6.04. The van der Waals surface area contributed by atoms with E-state index in [1.54, 1.807) is 18.2 Å². The summed E-state index contributed by atoms with van der Waals surface area (Å²) >= 11 is 0. The van der Waals surface area contributed by atoms with E-state index in [1.165, 1.54) is 12.4 Å². The summed E-state index contributed by atoms with van der Waals surface area (Å²) < 4.78 is 0. The summed E-state index contributed by atoms with van der Waals surface area (Å²) in [5, 5.41) is 14.8. The van der Waals surface area contributed by atoms with Crippen molar-refractivity contribution in [2.45, 2.75) is 13.8 Å². The Kier molecular flexibility index (Phi) is 4.90. The summed E-state index contributed by atoms with van der Waals surface area (Å²) in [7, 11) is 0. The second-order valence-corrected chi connectivity index (χ2v) is 5.81. The van der Waals surface area contributed by atoms with E-state index in [-0.39, 0.29) is 5.91 Å². The van der Waals surface area contributed by atoms with Gasteiger partial charge in [-0.3, -0.25) is 4.79 Å². The van der Waals surface area contributed by atoms with E-state index in [0.29, 0.717) is 22.8 Å². The third-order valence-corrected chi connectivity index (χ3v) is 4.01. The molecule has 1 amide bonds. The zero-order valence-corrected chi connectivity index (χ0v) is 14.4. The van der Waals surface area contributed by atoms with Crippen molar-refractivity contribution in [3.63, 3.8) is 0 Å². The van der Waals surface area contributed by atoms with Crippen LogP contribution in [-0.4, -0.2) is 15.9 Å². The monoisotopic (exact) mass is 343 g/mol. The van der Waals surface area contributed by atoms with Gasteiger partial charge in [-0.15, -0.1) is 0 Å². The number of carbonyl (C=O) groups excluding carboxylic acids is 1. The first-order chi connectivity index (χ1) is 12.6. The van der Waals surface area contributed by atoms with Gasteiger partial charge >= 0.3 is 0 Å². The van der Waals surface area contributed by atoms with Crippen LogP contribution in [0.1, 0.15) is 27.0 Å². The van der Waals surface area contributed by atoms with Gasteiger partial charge in [-0.25, -0.2) is 9.97 Å². The summed E-state index contributed by atoms with van der Waals surface area (Å²) in [6.07, 6.45) is 2.92. The minimum absolute atomic E-state index is 0.267. The summed E-state index contributed by atoms with van der Waals surface area (Å²) in [6, 6.07) is 14.8. The SMILES string of the molecule is Cc1cccc(NC(=O)c2cnc(Nc3cccc(C#N)c3)nc2)c1C. The lowest BCUT2D eigenvalue weighted by Gasteiger charge is -2.10. The third kappa shape index (κ3) is 3.84. The number of anilines is 3. The molecule has 3 aromatic rings. The summed E-state index contributed by atoms with van der Waals surface area (Å²) in [4.78, 5) is 20.7. The number of rotatable bonds is 4. The molecule has 0 radical (unpaired) electrons. The van der Waals surface area contributed by atoms with Crippen molar-refractivity contribution in [1.82, 2.24) is 9.97 Å². The van der Waals surface area contributed by atoms with Gasteiger partial charge in [0.15, 0.2) is 0 Å². The molecule has 2 N–H and O–H groups in total. The molecule has 1 heterocycles. The van der Waals surface area contributed by atoms with Gasteiger partial charge in [-0.05, 0) is 49.2 Å². The normalized spacial score (nSPS) is 10.0. The number of nitrogens with zero attached hydrogens (tertiary/aromatic N) is 3. The number of aryl methyl sites for hydroxylation is 1. The molecule has 0 atom stereocenters. The van der Waals surface area contributed by atoms with Crippen molar-refractivity contribution in [1.29, 1.82) is 5.26 Å². The number of nitriles is 1. The minimum atomic E-state index is -0.267. The van der Waals surface area contributed by atoms with Gasteiger partial charge in [0, 0.05) is 23.8 Å². The molecule has 6 nitrogen and oxygen atoms in total. The minimum Gasteiger partial charge on any atom is -0.324 e. The van der Waals surface area contributed by atoms with Gasteiger partial charge in [0.25, 0.3) is 5.91 Å². The molecule has 0 saturated heterocycles. The fourth-order valence-electron chi connectivity index (χ4n) is 2.39. The fourth-order valence-corrected chi connectivity index (χ4v) is 2.39. The molecule has 1 aromatic heterocycles. The predicted octanol–water partition coefficient (Wildman–Crippen LogP) is 3.96. The van der Waals surface area contributed by atoms with Crippen LogP contribution in [0.2, 0.25) is 0 Å². The van der Waals surface area contributed by atoms with Crippen LogP contribution in [0.5, 0.6) is 0 Å². The molecule has 128 valence electrons. The molecule has 0 aliphatic carbocycles. The highest BCUT2D eigenvalue weighted by Gasteiger charge is 2.10. The van der Waals surface area contributed by atoms with Crippen LogP contribution in [0.4, 0.5) is 17.3 Å². The topological polar surface area (TPSA) is 90.7 Å². The summed E-state index contributed by atoms with van der Waals surface area (Å²) in [6.45, 7) is 3.96. The van der Waals surface area contributed by atoms with Crippen LogP contribution in [0.3, 0.4) is 0 Å². The first-order valence-electron chi connectivity index (χ1n) is 8.03. The van der Waals surface area contributed by atoms with Gasteiger partial charge in [0.05, 0.1) is 17.2 Å². The van der Waals surface area contributed by atoms with E-state index in [0.717, 1.165) is 16.8 Å². The quantitative estimate of drug-likeness (QED) is 0.748. The number of hydrogen-bond donors (Lipinski definition) is 2. The predicted molar refractivity (Wildman–Crippen MR) is 100 cm³/mol. The van der Waals surface area contributed by atoms with E-state index in [1.807, 2.05) is 38.1 Å².